The quantitative estimate of drug-likeness (QED) is 0.800. The number of rotatable bonds is 6. The van der Waals surface area contributed by atoms with Crippen LogP contribution in [-0.4, -0.2) is 48.1 Å². The first-order chi connectivity index (χ1) is 13.0. The van der Waals surface area contributed by atoms with Crippen LogP contribution in [0.5, 0.6) is 0 Å². The first-order valence-electron chi connectivity index (χ1n) is 10.3. The molecule has 0 bridgehead atoms. The van der Waals surface area contributed by atoms with Crippen molar-refractivity contribution in [3.63, 3.8) is 0 Å². The predicted octanol–water partition coefficient (Wildman–Crippen LogP) is 3.65. The number of carbonyl (C=O) groups excluding carboxylic acids is 1. The Kier molecular flexibility index (Phi) is 6.89. The number of carboxylic acids is 1. The van der Waals surface area contributed by atoms with Crippen LogP contribution in [0.1, 0.15) is 73.2 Å². The number of hydrogen-bond donors (Lipinski definition) is 2. The number of aliphatic carboxylic acids is 1. The Morgan fingerprint density at radius 2 is 1.67 bits per heavy atom. The number of nitrogens with zero attached hydrogens (tertiary/aromatic N) is 1. The maximum Gasteiger partial charge on any atom is 0.303 e. The molecule has 1 saturated carbocycles. The summed E-state index contributed by atoms with van der Waals surface area (Å²) >= 11 is 0. The summed E-state index contributed by atoms with van der Waals surface area (Å²) in [6, 6.07) is 8.48. The molecule has 1 amide bonds. The monoisotopic (exact) mass is 372 g/mol. The lowest BCUT2D eigenvalue weighted by Crippen LogP contribution is -2.39. The summed E-state index contributed by atoms with van der Waals surface area (Å²) in [5, 5.41) is 12.2. The van der Waals surface area contributed by atoms with E-state index in [1.165, 1.54) is 5.56 Å². The molecule has 27 heavy (non-hydrogen) atoms. The minimum absolute atomic E-state index is 0.0980. The van der Waals surface area contributed by atoms with Gasteiger partial charge in [-0.05, 0) is 87.6 Å². The Morgan fingerprint density at radius 3 is 2.26 bits per heavy atom. The molecule has 5 heteroatoms. The van der Waals surface area contributed by atoms with E-state index in [2.05, 4.69) is 17.4 Å². The van der Waals surface area contributed by atoms with Crippen molar-refractivity contribution in [2.45, 2.75) is 63.3 Å². The minimum Gasteiger partial charge on any atom is -0.481 e. The molecule has 0 atom stereocenters. The molecule has 1 aromatic rings. The van der Waals surface area contributed by atoms with Gasteiger partial charge in [0.15, 0.2) is 0 Å². The highest BCUT2D eigenvalue weighted by atomic mass is 16.4. The highest BCUT2D eigenvalue weighted by Crippen LogP contribution is 2.31. The van der Waals surface area contributed by atoms with Crippen molar-refractivity contribution < 1.29 is 14.7 Å². The fourth-order valence-electron chi connectivity index (χ4n) is 4.57. The third-order valence-corrected chi connectivity index (χ3v) is 6.42. The maximum absolute atomic E-state index is 12.9. The second-order valence-corrected chi connectivity index (χ2v) is 8.17. The maximum atomic E-state index is 12.9. The molecular weight excluding hydrogens is 340 g/mol. The van der Waals surface area contributed by atoms with Crippen LogP contribution in [0.4, 0.5) is 0 Å². The average Bonchev–Trinajstić information content (AvgIpc) is 2.72. The molecule has 148 valence electrons. The van der Waals surface area contributed by atoms with Crippen molar-refractivity contribution >= 4 is 11.9 Å². The van der Waals surface area contributed by atoms with Gasteiger partial charge in [0.2, 0.25) is 0 Å². The summed E-state index contributed by atoms with van der Waals surface area (Å²) in [6.45, 7) is 2.15. The third kappa shape index (κ3) is 5.32. The van der Waals surface area contributed by atoms with Crippen molar-refractivity contribution in [2.24, 2.45) is 5.92 Å². The van der Waals surface area contributed by atoms with Crippen LogP contribution in [0.25, 0.3) is 0 Å². The SMILES string of the molecule is CN(C(=O)c1ccc(C2CCNCC2)cc1)C1CCC(CCC(=O)O)CC1. The average molecular weight is 373 g/mol. The van der Waals surface area contributed by atoms with Gasteiger partial charge in [-0.2, -0.15) is 0 Å². The van der Waals surface area contributed by atoms with E-state index in [-0.39, 0.29) is 18.4 Å². The molecule has 0 unspecified atom stereocenters. The van der Waals surface area contributed by atoms with Crippen LogP contribution >= 0.6 is 0 Å². The first-order valence-corrected chi connectivity index (χ1v) is 10.3. The second-order valence-electron chi connectivity index (χ2n) is 8.17. The van der Waals surface area contributed by atoms with E-state index in [9.17, 15) is 9.59 Å². The number of carbonyl (C=O) groups is 2. The zero-order valence-electron chi connectivity index (χ0n) is 16.3. The van der Waals surface area contributed by atoms with Crippen molar-refractivity contribution in [2.75, 3.05) is 20.1 Å². The fourth-order valence-corrected chi connectivity index (χ4v) is 4.57. The van der Waals surface area contributed by atoms with Crippen LogP contribution in [0.15, 0.2) is 24.3 Å². The molecule has 1 aromatic carbocycles. The standard InChI is InChI=1S/C22H32N2O3/c1-24(20-9-2-16(3-10-20)4-11-21(25)26)22(27)19-7-5-17(6-8-19)18-12-14-23-15-13-18/h5-8,16,18,20,23H,2-4,9-15H2,1H3,(H,25,26). The van der Waals surface area contributed by atoms with Gasteiger partial charge in [-0.25, -0.2) is 0 Å². The molecule has 0 radical (unpaired) electrons. The molecule has 1 saturated heterocycles. The molecule has 2 fully saturated rings. The molecule has 0 spiro atoms. The van der Waals surface area contributed by atoms with Crippen LogP contribution in [0.3, 0.4) is 0 Å². The lowest BCUT2D eigenvalue weighted by atomic mass is 9.83. The summed E-state index contributed by atoms with van der Waals surface area (Å²) in [7, 11) is 1.91. The molecule has 0 aromatic heterocycles. The van der Waals surface area contributed by atoms with E-state index in [1.54, 1.807) is 0 Å². The van der Waals surface area contributed by atoms with E-state index in [0.29, 0.717) is 11.8 Å². The number of piperidine rings is 1. The normalized spacial score (nSPS) is 23.7. The molecular formula is C22H32N2O3. The first kappa shape index (κ1) is 19.9. The molecule has 3 rings (SSSR count). The summed E-state index contributed by atoms with van der Waals surface area (Å²) in [6.07, 6.45) is 7.33. The fraction of sp³-hybridized carbons (Fsp3) is 0.636. The van der Waals surface area contributed by atoms with Crippen molar-refractivity contribution in [3.8, 4) is 0 Å². The van der Waals surface area contributed by atoms with Gasteiger partial charge in [0, 0.05) is 25.1 Å². The summed E-state index contributed by atoms with van der Waals surface area (Å²) in [5.74, 6) is 0.484. The Labute approximate surface area is 162 Å². The second kappa shape index (κ2) is 9.36. The Bertz CT molecular complexity index is 629. The largest absolute Gasteiger partial charge is 0.481 e. The third-order valence-electron chi connectivity index (χ3n) is 6.42. The Balaban J connectivity index is 1.52. The summed E-state index contributed by atoms with van der Waals surface area (Å²) < 4.78 is 0. The smallest absolute Gasteiger partial charge is 0.303 e. The highest BCUT2D eigenvalue weighted by Gasteiger charge is 2.27. The van der Waals surface area contributed by atoms with Gasteiger partial charge in [-0.3, -0.25) is 9.59 Å². The number of amides is 1. The van der Waals surface area contributed by atoms with Crippen molar-refractivity contribution in [3.05, 3.63) is 35.4 Å². The summed E-state index contributed by atoms with van der Waals surface area (Å²) in [4.78, 5) is 25.5. The minimum atomic E-state index is -0.711. The lowest BCUT2D eigenvalue weighted by molar-refractivity contribution is -0.137. The van der Waals surface area contributed by atoms with Gasteiger partial charge in [-0.15, -0.1) is 0 Å². The van der Waals surface area contributed by atoms with Crippen molar-refractivity contribution in [1.29, 1.82) is 0 Å². The van der Waals surface area contributed by atoms with E-state index in [0.717, 1.165) is 63.6 Å². The van der Waals surface area contributed by atoms with Gasteiger partial charge in [0.1, 0.15) is 0 Å². The Morgan fingerprint density at radius 1 is 1.04 bits per heavy atom. The van der Waals surface area contributed by atoms with E-state index in [1.807, 2.05) is 24.1 Å². The Hall–Kier alpha value is -1.88. The number of carboxylic acid groups (broad SMARTS) is 1. The van der Waals surface area contributed by atoms with Crippen LogP contribution in [-0.2, 0) is 4.79 Å². The van der Waals surface area contributed by atoms with E-state index < -0.39 is 5.97 Å². The van der Waals surface area contributed by atoms with Gasteiger partial charge in [0.05, 0.1) is 0 Å². The van der Waals surface area contributed by atoms with Crippen LogP contribution in [0.2, 0.25) is 0 Å². The molecule has 1 aliphatic carbocycles. The molecule has 2 aliphatic rings. The van der Waals surface area contributed by atoms with Gasteiger partial charge >= 0.3 is 5.97 Å². The molecule has 5 nitrogen and oxygen atoms in total. The number of benzene rings is 1. The van der Waals surface area contributed by atoms with E-state index in [4.69, 9.17) is 5.11 Å². The highest BCUT2D eigenvalue weighted by molar-refractivity contribution is 5.94. The molecule has 1 heterocycles. The number of hydrogen-bond acceptors (Lipinski definition) is 3. The van der Waals surface area contributed by atoms with Crippen LogP contribution < -0.4 is 5.32 Å². The van der Waals surface area contributed by atoms with Gasteiger partial charge < -0.3 is 15.3 Å². The van der Waals surface area contributed by atoms with E-state index >= 15 is 0 Å². The van der Waals surface area contributed by atoms with Crippen LogP contribution in [0, 0.1) is 5.92 Å². The molecule has 1 aliphatic heterocycles. The van der Waals surface area contributed by atoms with Gasteiger partial charge in [0.25, 0.3) is 5.91 Å². The number of nitrogens with one attached hydrogen (secondary N) is 1. The zero-order chi connectivity index (χ0) is 19.2. The lowest BCUT2D eigenvalue weighted by Gasteiger charge is -2.34. The van der Waals surface area contributed by atoms with Crippen molar-refractivity contribution in [1.82, 2.24) is 10.2 Å². The van der Waals surface area contributed by atoms with Gasteiger partial charge in [-0.1, -0.05) is 12.1 Å². The predicted molar refractivity (Wildman–Crippen MR) is 106 cm³/mol. The zero-order valence-corrected chi connectivity index (χ0v) is 16.3. The topological polar surface area (TPSA) is 69.6 Å². The molecule has 2 N–H and O–H groups in total. The summed E-state index contributed by atoms with van der Waals surface area (Å²) in [5.41, 5.74) is 2.11.